The summed E-state index contributed by atoms with van der Waals surface area (Å²) in [7, 11) is 3.74. The van der Waals surface area contributed by atoms with Gasteiger partial charge < -0.3 is 26.0 Å². The zero-order valence-electron chi connectivity index (χ0n) is 23.2. The van der Waals surface area contributed by atoms with Crippen LogP contribution in [-0.2, 0) is 18.9 Å². The van der Waals surface area contributed by atoms with Crippen molar-refractivity contribution in [2.45, 2.75) is 32.6 Å². The Morgan fingerprint density at radius 3 is 2.51 bits per heavy atom. The Bertz CT molecular complexity index is 1430. The van der Waals surface area contributed by atoms with Crippen LogP contribution in [0.25, 0.3) is 5.03 Å². The van der Waals surface area contributed by atoms with Gasteiger partial charge in [-0.05, 0) is 81.0 Å². The number of hydrazine groups is 1. The lowest BCUT2D eigenvalue weighted by molar-refractivity contribution is 0.365. The van der Waals surface area contributed by atoms with Crippen molar-refractivity contribution in [3.63, 3.8) is 0 Å². The largest absolute Gasteiger partial charge is 0.403 e. The van der Waals surface area contributed by atoms with Gasteiger partial charge in [0.05, 0.1) is 22.5 Å². The Hall–Kier alpha value is -4.14. The normalized spacial score (nSPS) is 14.1. The van der Waals surface area contributed by atoms with Crippen LogP contribution in [0, 0.1) is 12.3 Å². The van der Waals surface area contributed by atoms with Gasteiger partial charge in [0.2, 0.25) is 0 Å². The second kappa shape index (κ2) is 12.6. The molecule has 1 heterocycles. The molecule has 0 radical (unpaired) electrons. The van der Waals surface area contributed by atoms with E-state index in [0.717, 1.165) is 39.5 Å². The maximum Gasteiger partial charge on any atom is 0.105 e. The van der Waals surface area contributed by atoms with Gasteiger partial charge in [-0.25, -0.2) is 10.8 Å². The Morgan fingerprint density at radius 2 is 1.97 bits per heavy atom. The highest BCUT2D eigenvalue weighted by molar-refractivity contribution is 6.49. The standard InChI is InChI=1S/C30H37ClN8/c1-20(16-22-8-11-24(12-9-22)36-15-7-14-32)29(31)25-17-23(10-13-26(25)35-4)30(3,27(18-33)39(6)34)28-19-37-21(2)38(28)5/h7-15,17-19,32,36H,4,16,33-34H2,1-3,5-6H3/b15-7-,27-18-,29-20-,32-14?. The number of hydrogen-bond donors (Lipinski definition) is 4. The molecule has 1 atom stereocenters. The van der Waals surface area contributed by atoms with E-state index in [1.54, 1.807) is 19.3 Å². The number of hydrogen-bond acceptors (Lipinski definition) is 7. The number of allylic oxidation sites excluding steroid dienone is 3. The first kappa shape index (κ1) is 29.4. The molecule has 0 aliphatic rings. The van der Waals surface area contributed by atoms with E-state index in [0.29, 0.717) is 22.8 Å². The number of nitrogens with zero attached hydrogens (tertiary/aromatic N) is 4. The van der Waals surface area contributed by atoms with Crippen LogP contribution < -0.4 is 16.9 Å². The number of imidazole rings is 1. The molecule has 0 fully saturated rings. The second-order valence-electron chi connectivity index (χ2n) is 9.57. The molecule has 0 saturated heterocycles. The predicted molar refractivity (Wildman–Crippen MR) is 164 cm³/mol. The van der Waals surface area contributed by atoms with E-state index >= 15 is 0 Å². The molecule has 0 saturated carbocycles. The number of aliphatic imine (C=N–C) groups is 1. The number of anilines is 1. The first-order valence-electron chi connectivity index (χ1n) is 12.5. The third-order valence-electron chi connectivity index (χ3n) is 7.00. The average molecular weight is 545 g/mol. The minimum Gasteiger partial charge on any atom is -0.403 e. The summed E-state index contributed by atoms with van der Waals surface area (Å²) in [5.74, 6) is 7.14. The van der Waals surface area contributed by atoms with Crippen molar-refractivity contribution in [3.05, 3.63) is 107 Å². The lowest BCUT2D eigenvalue weighted by Crippen LogP contribution is -2.40. The van der Waals surface area contributed by atoms with Crippen molar-refractivity contribution >= 4 is 40.9 Å². The van der Waals surface area contributed by atoms with Crippen molar-refractivity contribution in [3.8, 4) is 0 Å². The number of nitrogens with one attached hydrogen (secondary N) is 2. The molecule has 0 aliphatic carbocycles. The van der Waals surface area contributed by atoms with E-state index in [1.807, 2.05) is 62.0 Å². The first-order chi connectivity index (χ1) is 18.6. The molecule has 0 amide bonds. The van der Waals surface area contributed by atoms with E-state index in [2.05, 4.69) is 41.1 Å². The van der Waals surface area contributed by atoms with Crippen molar-refractivity contribution in [2.75, 3.05) is 12.4 Å². The lowest BCUT2D eigenvalue weighted by Gasteiger charge is -2.36. The van der Waals surface area contributed by atoms with Gasteiger partial charge in [0.25, 0.3) is 0 Å². The Balaban J connectivity index is 2.09. The van der Waals surface area contributed by atoms with Crippen LogP contribution in [0.3, 0.4) is 0 Å². The molecule has 3 aromatic rings. The monoisotopic (exact) mass is 544 g/mol. The summed E-state index contributed by atoms with van der Waals surface area (Å²) in [6, 6.07) is 14.0. The topological polar surface area (TPSA) is 121 Å². The predicted octanol–water partition coefficient (Wildman–Crippen LogP) is 5.76. The molecule has 39 heavy (non-hydrogen) atoms. The fraction of sp³-hybridized carbons (Fsp3) is 0.233. The second-order valence-corrected chi connectivity index (χ2v) is 9.94. The number of likely N-dealkylation sites (N-methyl/N-ethyl adjacent to an activating group) is 1. The molecule has 8 nitrogen and oxygen atoms in total. The van der Waals surface area contributed by atoms with Crippen LogP contribution in [0.5, 0.6) is 0 Å². The van der Waals surface area contributed by atoms with Crippen molar-refractivity contribution in [1.29, 1.82) is 5.41 Å². The van der Waals surface area contributed by atoms with Crippen LogP contribution >= 0.6 is 11.6 Å². The van der Waals surface area contributed by atoms with E-state index in [4.69, 9.17) is 28.6 Å². The highest BCUT2D eigenvalue weighted by Gasteiger charge is 2.38. The van der Waals surface area contributed by atoms with Gasteiger partial charge in [0.15, 0.2) is 0 Å². The van der Waals surface area contributed by atoms with Crippen molar-refractivity contribution in [2.24, 2.45) is 23.6 Å². The maximum absolute atomic E-state index is 7.07. The highest BCUT2D eigenvalue weighted by Crippen LogP contribution is 2.43. The zero-order chi connectivity index (χ0) is 28.7. The number of aryl methyl sites for hydroxylation is 1. The molecule has 3 rings (SSSR count). The number of rotatable bonds is 11. The Morgan fingerprint density at radius 1 is 1.28 bits per heavy atom. The third-order valence-corrected chi connectivity index (χ3v) is 7.53. The molecule has 0 bridgehead atoms. The molecule has 1 unspecified atom stereocenters. The number of aromatic nitrogens is 2. The molecule has 2 aromatic carbocycles. The van der Waals surface area contributed by atoms with Gasteiger partial charge >= 0.3 is 0 Å². The van der Waals surface area contributed by atoms with Gasteiger partial charge in [0, 0.05) is 55.2 Å². The molecule has 204 valence electrons. The minimum absolute atomic E-state index is 0.610. The number of halogens is 1. The molecular formula is C30H37ClN8. The third kappa shape index (κ3) is 6.13. The molecular weight excluding hydrogens is 508 g/mol. The van der Waals surface area contributed by atoms with Crippen LogP contribution in [0.2, 0.25) is 0 Å². The molecule has 0 spiro atoms. The Kier molecular flexibility index (Phi) is 9.51. The van der Waals surface area contributed by atoms with Crippen LogP contribution in [-0.4, -0.2) is 34.5 Å². The van der Waals surface area contributed by atoms with Crippen LogP contribution in [0.4, 0.5) is 11.4 Å². The SMILES string of the molecule is C=Nc1ccc(C(C)(/C(=C/N)N(C)N)c2cnc(C)n2C)cc1/C(Cl)=C(\C)Cc1ccc(N/C=C\C=N)cc1. The number of nitrogens with two attached hydrogens (primary N) is 2. The molecule has 1 aromatic heterocycles. The molecule has 0 aliphatic heterocycles. The fourth-order valence-electron chi connectivity index (χ4n) is 4.72. The van der Waals surface area contributed by atoms with E-state index in [-0.39, 0.29) is 0 Å². The summed E-state index contributed by atoms with van der Waals surface area (Å²) in [6.07, 6.45) is 8.61. The van der Waals surface area contributed by atoms with Crippen molar-refractivity contribution in [1.82, 2.24) is 14.6 Å². The average Bonchev–Trinajstić information content (AvgIpc) is 3.27. The molecule has 9 heteroatoms. The summed E-state index contributed by atoms with van der Waals surface area (Å²) in [5, 5.41) is 12.3. The lowest BCUT2D eigenvalue weighted by atomic mass is 9.75. The molecule has 6 N–H and O–H groups in total. The van der Waals surface area contributed by atoms with Gasteiger partial charge in [-0.1, -0.05) is 29.8 Å². The summed E-state index contributed by atoms with van der Waals surface area (Å²) in [5.41, 5.74) is 12.5. The maximum atomic E-state index is 7.07. The van der Waals surface area contributed by atoms with Crippen LogP contribution in [0.15, 0.2) is 83.4 Å². The summed E-state index contributed by atoms with van der Waals surface area (Å²) < 4.78 is 2.04. The van der Waals surface area contributed by atoms with E-state index in [9.17, 15) is 0 Å². The Labute approximate surface area is 235 Å². The quantitative estimate of drug-likeness (QED) is 0.139. The van der Waals surface area contributed by atoms with Gasteiger partial charge in [-0.2, -0.15) is 0 Å². The van der Waals surface area contributed by atoms with Gasteiger partial charge in [-0.3, -0.25) is 4.99 Å². The smallest absolute Gasteiger partial charge is 0.105 e. The summed E-state index contributed by atoms with van der Waals surface area (Å²) >= 11 is 7.04. The van der Waals surface area contributed by atoms with Gasteiger partial charge in [0.1, 0.15) is 5.82 Å². The fourth-order valence-corrected chi connectivity index (χ4v) is 4.93. The number of benzene rings is 2. The zero-order valence-corrected chi connectivity index (χ0v) is 23.9. The van der Waals surface area contributed by atoms with Crippen molar-refractivity contribution < 1.29 is 0 Å². The van der Waals surface area contributed by atoms with E-state index < -0.39 is 5.41 Å². The summed E-state index contributed by atoms with van der Waals surface area (Å²) in [6.45, 7) is 9.82. The highest BCUT2D eigenvalue weighted by atomic mass is 35.5. The minimum atomic E-state index is -0.733. The first-order valence-corrected chi connectivity index (χ1v) is 12.8. The van der Waals surface area contributed by atoms with Crippen LogP contribution in [0.1, 0.15) is 42.1 Å². The summed E-state index contributed by atoms with van der Waals surface area (Å²) in [4.78, 5) is 8.79. The van der Waals surface area contributed by atoms with E-state index in [1.165, 1.54) is 17.4 Å². The van der Waals surface area contributed by atoms with Gasteiger partial charge in [-0.15, -0.1) is 0 Å².